The van der Waals surface area contributed by atoms with Gasteiger partial charge in [0.25, 0.3) is 0 Å². The van der Waals surface area contributed by atoms with Crippen molar-refractivity contribution in [1.82, 2.24) is 19.3 Å². The van der Waals surface area contributed by atoms with Crippen LogP contribution >= 0.6 is 11.6 Å². The molecule has 0 N–H and O–H groups in total. The maximum Gasteiger partial charge on any atom is 0.244 e. The molecule has 0 aromatic carbocycles. The highest BCUT2D eigenvalue weighted by Crippen LogP contribution is 2.41. The molecule has 2 aromatic heterocycles. The molecule has 1 atom stereocenters. The minimum atomic E-state index is -3.66. The Hall–Kier alpha value is -1.81. The molecule has 144 valence electrons. The molecule has 8 nitrogen and oxygen atoms in total. The van der Waals surface area contributed by atoms with Crippen LogP contribution in [0.25, 0.3) is 0 Å². The van der Waals surface area contributed by atoms with Crippen molar-refractivity contribution >= 4 is 27.6 Å². The first kappa shape index (κ1) is 18.5. The van der Waals surface area contributed by atoms with Crippen molar-refractivity contribution in [2.24, 2.45) is 0 Å². The van der Waals surface area contributed by atoms with E-state index >= 15 is 0 Å². The fraction of sp³-hybridized carbons (Fsp3) is 0.471. The highest BCUT2D eigenvalue weighted by atomic mass is 35.5. The zero-order valence-electron chi connectivity index (χ0n) is 15.1. The Morgan fingerprint density at radius 1 is 1.26 bits per heavy atom. The summed E-state index contributed by atoms with van der Waals surface area (Å²) < 4.78 is 33.3. The van der Waals surface area contributed by atoms with Gasteiger partial charge in [0, 0.05) is 45.1 Å². The van der Waals surface area contributed by atoms with Gasteiger partial charge in [-0.3, -0.25) is 0 Å². The van der Waals surface area contributed by atoms with E-state index in [1.54, 1.807) is 6.20 Å². The number of nitrogens with zero attached hydrogens (tertiary/aromatic N) is 5. The summed E-state index contributed by atoms with van der Waals surface area (Å²) in [4.78, 5) is 15.0. The van der Waals surface area contributed by atoms with Gasteiger partial charge < -0.3 is 9.64 Å². The molecular weight excluding hydrogens is 390 g/mol. The van der Waals surface area contributed by atoms with Crippen molar-refractivity contribution in [3.8, 4) is 0 Å². The summed E-state index contributed by atoms with van der Waals surface area (Å²) in [5.41, 5.74) is 1.34. The van der Waals surface area contributed by atoms with Crippen LogP contribution in [0.3, 0.4) is 0 Å². The molecule has 1 saturated heterocycles. The molecule has 0 amide bonds. The molecular formula is C17H20ClN5O3S. The van der Waals surface area contributed by atoms with Crippen LogP contribution in [-0.4, -0.2) is 61.5 Å². The fourth-order valence-corrected chi connectivity index (χ4v) is 5.20. The van der Waals surface area contributed by atoms with E-state index in [9.17, 15) is 8.42 Å². The lowest BCUT2D eigenvalue weighted by molar-refractivity contribution is 0.0531. The predicted molar refractivity (Wildman–Crippen MR) is 100 cm³/mol. The first-order chi connectivity index (χ1) is 12.8. The van der Waals surface area contributed by atoms with Crippen LogP contribution in [0.15, 0.2) is 29.4 Å². The summed E-state index contributed by atoms with van der Waals surface area (Å²) in [5.74, 6) is 0.609. The number of sulfonamides is 1. The molecule has 0 bridgehead atoms. The highest BCUT2D eigenvalue weighted by Gasteiger charge is 2.48. The van der Waals surface area contributed by atoms with E-state index in [0.29, 0.717) is 38.7 Å². The smallest absolute Gasteiger partial charge is 0.244 e. The molecule has 2 aliphatic heterocycles. The third-order valence-corrected chi connectivity index (χ3v) is 7.10. The Bertz CT molecular complexity index is 967. The molecule has 27 heavy (non-hydrogen) atoms. The molecule has 0 saturated carbocycles. The summed E-state index contributed by atoms with van der Waals surface area (Å²) in [6.07, 6.45) is 3.71. The Kier molecular flexibility index (Phi) is 4.58. The summed E-state index contributed by atoms with van der Waals surface area (Å²) >= 11 is 5.78. The lowest BCUT2D eigenvalue weighted by Crippen LogP contribution is -2.42. The van der Waals surface area contributed by atoms with Gasteiger partial charge in [0.05, 0.1) is 24.3 Å². The zero-order chi connectivity index (χ0) is 19.2. The molecule has 4 rings (SSSR count). The van der Waals surface area contributed by atoms with E-state index in [1.165, 1.54) is 22.6 Å². The Morgan fingerprint density at radius 3 is 2.78 bits per heavy atom. The quantitative estimate of drug-likeness (QED) is 0.709. The summed E-state index contributed by atoms with van der Waals surface area (Å²) in [6.45, 7) is 1.59. The topological polar surface area (TPSA) is 88.5 Å². The van der Waals surface area contributed by atoms with Gasteiger partial charge in [-0.05, 0) is 18.6 Å². The van der Waals surface area contributed by atoms with E-state index in [0.717, 1.165) is 11.3 Å². The number of hydrogen-bond donors (Lipinski definition) is 0. The molecule has 1 spiro atoms. The molecule has 4 heterocycles. The molecule has 10 heteroatoms. The number of fused-ring (bicyclic) bond motifs is 2. The number of aromatic nitrogens is 3. The third kappa shape index (κ3) is 3.18. The van der Waals surface area contributed by atoms with Gasteiger partial charge in [0.1, 0.15) is 10.0 Å². The predicted octanol–water partition coefficient (Wildman–Crippen LogP) is 1.45. The lowest BCUT2D eigenvalue weighted by atomic mass is 9.81. The molecule has 0 radical (unpaired) electrons. The van der Waals surface area contributed by atoms with Gasteiger partial charge in [-0.2, -0.15) is 4.31 Å². The molecule has 2 aromatic rings. The van der Waals surface area contributed by atoms with Gasteiger partial charge >= 0.3 is 0 Å². The largest absolute Gasteiger partial charge is 0.376 e. The number of ether oxygens (including phenoxy) is 1. The van der Waals surface area contributed by atoms with Crippen molar-refractivity contribution in [3.05, 3.63) is 40.9 Å². The number of rotatable bonds is 3. The van der Waals surface area contributed by atoms with Crippen molar-refractivity contribution in [1.29, 1.82) is 0 Å². The summed E-state index contributed by atoms with van der Waals surface area (Å²) in [6, 6.07) is 2.96. The maximum absolute atomic E-state index is 13.0. The van der Waals surface area contributed by atoms with E-state index in [-0.39, 0.29) is 10.0 Å². The van der Waals surface area contributed by atoms with Gasteiger partial charge in [0.15, 0.2) is 0 Å². The van der Waals surface area contributed by atoms with Gasteiger partial charge in [-0.1, -0.05) is 11.6 Å². The maximum atomic E-state index is 13.0. The third-order valence-electron chi connectivity index (χ3n) is 5.05. The monoisotopic (exact) mass is 409 g/mol. The number of halogens is 1. The minimum absolute atomic E-state index is 0.137. The Labute approximate surface area is 163 Å². The first-order valence-electron chi connectivity index (χ1n) is 8.55. The minimum Gasteiger partial charge on any atom is -0.376 e. The van der Waals surface area contributed by atoms with Crippen LogP contribution in [0.1, 0.15) is 17.7 Å². The van der Waals surface area contributed by atoms with E-state index < -0.39 is 15.4 Å². The Morgan fingerprint density at radius 2 is 2.07 bits per heavy atom. The van der Waals surface area contributed by atoms with Crippen molar-refractivity contribution in [3.63, 3.8) is 0 Å². The molecule has 0 unspecified atom stereocenters. The normalized spacial score (nSPS) is 22.8. The van der Waals surface area contributed by atoms with E-state index in [2.05, 4.69) is 9.97 Å². The fourth-order valence-electron chi connectivity index (χ4n) is 3.62. The zero-order valence-corrected chi connectivity index (χ0v) is 16.7. The molecule has 2 aliphatic rings. The standard InChI is InChI=1S/C17H20ClN5O3S/c1-22(2)16-20-7-12-9-26-11-17(15(12)21-16)5-6-23(10-17)27(24,25)13-3-4-14(18)19-8-13/h3-4,7-8H,5-6,9-11H2,1-2H3/t17-/m0/s1. The van der Waals surface area contributed by atoms with Crippen LogP contribution in [0.4, 0.5) is 5.95 Å². The highest BCUT2D eigenvalue weighted by molar-refractivity contribution is 7.89. The average molecular weight is 410 g/mol. The SMILES string of the molecule is CN(C)c1ncc2c(n1)[C@]1(CCN(S(=O)(=O)c3ccc(Cl)nc3)C1)COC2. The van der Waals surface area contributed by atoms with Crippen LogP contribution < -0.4 is 4.90 Å². The van der Waals surface area contributed by atoms with Crippen molar-refractivity contribution < 1.29 is 13.2 Å². The second-order valence-electron chi connectivity index (χ2n) is 7.12. The van der Waals surface area contributed by atoms with Crippen LogP contribution in [0.2, 0.25) is 5.15 Å². The first-order valence-corrected chi connectivity index (χ1v) is 10.4. The Balaban J connectivity index is 1.68. The second kappa shape index (κ2) is 6.66. The number of hydrogen-bond acceptors (Lipinski definition) is 7. The van der Waals surface area contributed by atoms with Gasteiger partial charge in [-0.15, -0.1) is 0 Å². The molecule has 0 aliphatic carbocycles. The van der Waals surface area contributed by atoms with Gasteiger partial charge in [-0.25, -0.2) is 23.4 Å². The lowest BCUT2D eigenvalue weighted by Gasteiger charge is -2.34. The number of pyridine rings is 1. The van der Waals surface area contributed by atoms with Crippen LogP contribution in [0, 0.1) is 0 Å². The van der Waals surface area contributed by atoms with Crippen molar-refractivity contribution in [2.45, 2.75) is 23.3 Å². The molecule has 1 fully saturated rings. The van der Waals surface area contributed by atoms with Gasteiger partial charge in [0.2, 0.25) is 16.0 Å². The van der Waals surface area contributed by atoms with Crippen molar-refractivity contribution in [2.75, 3.05) is 38.7 Å². The summed E-state index contributed by atoms with van der Waals surface area (Å²) in [7, 11) is 0.106. The number of anilines is 1. The average Bonchev–Trinajstić information content (AvgIpc) is 3.08. The van der Waals surface area contributed by atoms with Crippen LogP contribution in [-0.2, 0) is 26.8 Å². The summed E-state index contributed by atoms with van der Waals surface area (Å²) in [5, 5.41) is 0.259. The van der Waals surface area contributed by atoms with Crippen LogP contribution in [0.5, 0.6) is 0 Å². The van der Waals surface area contributed by atoms with E-state index in [1.807, 2.05) is 19.0 Å². The second-order valence-corrected chi connectivity index (χ2v) is 9.44. The van der Waals surface area contributed by atoms with E-state index in [4.69, 9.17) is 21.3 Å².